The van der Waals surface area contributed by atoms with Crippen LogP contribution in [0.5, 0.6) is 0 Å². The van der Waals surface area contributed by atoms with Crippen molar-refractivity contribution in [3.8, 4) is 11.4 Å². The van der Waals surface area contributed by atoms with Gasteiger partial charge in [-0.15, -0.1) is 10.2 Å². The molecule has 0 unspecified atom stereocenters. The van der Waals surface area contributed by atoms with Crippen LogP contribution in [0.15, 0.2) is 46.2 Å². The summed E-state index contributed by atoms with van der Waals surface area (Å²) in [5.74, 6) is 1.82. The van der Waals surface area contributed by atoms with E-state index in [-0.39, 0.29) is 5.91 Å². The molecule has 136 valence electrons. The van der Waals surface area contributed by atoms with E-state index in [0.717, 1.165) is 22.7 Å². The molecule has 3 rings (SSSR count). The lowest BCUT2D eigenvalue weighted by Gasteiger charge is -2.17. The Bertz CT molecular complexity index is 904. The lowest BCUT2D eigenvalue weighted by atomic mass is 10.2. The fourth-order valence-electron chi connectivity index (χ4n) is 2.48. The highest BCUT2D eigenvalue weighted by atomic mass is 35.5. The molecule has 0 saturated heterocycles. The van der Waals surface area contributed by atoms with Crippen LogP contribution in [0.3, 0.4) is 0 Å². The van der Waals surface area contributed by atoms with Gasteiger partial charge in [-0.05, 0) is 30.7 Å². The lowest BCUT2D eigenvalue weighted by molar-refractivity contribution is -0.127. The van der Waals surface area contributed by atoms with Crippen molar-refractivity contribution in [2.75, 3.05) is 12.8 Å². The van der Waals surface area contributed by atoms with Crippen LogP contribution < -0.4 is 0 Å². The number of carbonyl (C=O) groups excluding carboxylic acids is 1. The first kappa shape index (κ1) is 18.5. The second-order valence-electron chi connectivity index (χ2n) is 5.92. The average Bonchev–Trinajstić information content (AvgIpc) is 3.20. The summed E-state index contributed by atoms with van der Waals surface area (Å²) < 4.78 is 7.19. The predicted molar refractivity (Wildman–Crippen MR) is 102 cm³/mol. The quantitative estimate of drug-likeness (QED) is 0.599. The smallest absolute Gasteiger partial charge is 0.233 e. The van der Waals surface area contributed by atoms with E-state index in [1.807, 2.05) is 48.9 Å². The second kappa shape index (κ2) is 7.97. The van der Waals surface area contributed by atoms with E-state index in [0.29, 0.717) is 22.5 Å². The summed E-state index contributed by atoms with van der Waals surface area (Å²) in [7, 11) is 3.67. The van der Waals surface area contributed by atoms with Crippen molar-refractivity contribution in [3.05, 3.63) is 52.9 Å². The predicted octanol–water partition coefficient (Wildman–Crippen LogP) is 3.79. The highest BCUT2D eigenvalue weighted by molar-refractivity contribution is 7.99. The first-order chi connectivity index (χ1) is 12.5. The van der Waals surface area contributed by atoms with Gasteiger partial charge in [0.25, 0.3) is 0 Å². The minimum absolute atomic E-state index is 0.0222. The molecule has 0 fully saturated rings. The van der Waals surface area contributed by atoms with Crippen LogP contribution in [0.4, 0.5) is 0 Å². The van der Waals surface area contributed by atoms with E-state index in [9.17, 15) is 4.79 Å². The molecule has 0 aliphatic carbocycles. The van der Waals surface area contributed by atoms with E-state index in [1.165, 1.54) is 11.8 Å². The Hall–Kier alpha value is -2.25. The minimum Gasteiger partial charge on any atom is -0.469 e. The number of hydrogen-bond acceptors (Lipinski definition) is 5. The highest BCUT2D eigenvalue weighted by Gasteiger charge is 2.17. The van der Waals surface area contributed by atoms with Gasteiger partial charge in [-0.2, -0.15) is 0 Å². The number of furan rings is 1. The van der Waals surface area contributed by atoms with Crippen LogP contribution in [-0.4, -0.2) is 38.4 Å². The Morgan fingerprint density at radius 3 is 2.65 bits per heavy atom. The van der Waals surface area contributed by atoms with Gasteiger partial charge in [-0.1, -0.05) is 35.5 Å². The molecule has 2 heterocycles. The molecule has 6 nitrogen and oxygen atoms in total. The maximum absolute atomic E-state index is 12.4. The Labute approximate surface area is 161 Å². The number of rotatable bonds is 6. The molecular formula is C18H19ClN4O2S. The number of nitrogens with zero attached hydrogens (tertiary/aromatic N) is 4. The van der Waals surface area contributed by atoms with Gasteiger partial charge in [0.1, 0.15) is 5.76 Å². The molecule has 2 aromatic heterocycles. The van der Waals surface area contributed by atoms with Gasteiger partial charge in [-0.25, -0.2) is 0 Å². The number of thioether (sulfide) groups is 1. The number of aromatic nitrogens is 3. The molecule has 0 atom stereocenters. The normalized spacial score (nSPS) is 10.9. The van der Waals surface area contributed by atoms with Crippen molar-refractivity contribution < 1.29 is 9.21 Å². The van der Waals surface area contributed by atoms with Gasteiger partial charge >= 0.3 is 0 Å². The standard InChI is InChI=1S/C18H19ClN4O2S/c1-12-15(8-9-25-12)17-20-21-18(23(17)3)26-11-16(24)22(2)10-13-4-6-14(19)7-5-13/h4-9H,10-11H2,1-3H3. The number of amides is 1. The number of aryl methyl sites for hydroxylation is 1. The zero-order chi connectivity index (χ0) is 18.7. The molecule has 0 saturated carbocycles. The summed E-state index contributed by atoms with van der Waals surface area (Å²) in [6.45, 7) is 2.42. The van der Waals surface area contributed by atoms with Crippen molar-refractivity contribution in [2.45, 2.75) is 18.6 Å². The van der Waals surface area contributed by atoms with Crippen LogP contribution in [-0.2, 0) is 18.4 Å². The van der Waals surface area contributed by atoms with E-state index < -0.39 is 0 Å². The lowest BCUT2D eigenvalue weighted by Crippen LogP contribution is -2.27. The van der Waals surface area contributed by atoms with E-state index in [1.54, 1.807) is 18.2 Å². The monoisotopic (exact) mass is 390 g/mol. The van der Waals surface area contributed by atoms with E-state index >= 15 is 0 Å². The van der Waals surface area contributed by atoms with E-state index in [2.05, 4.69) is 10.2 Å². The van der Waals surface area contributed by atoms with Gasteiger partial charge in [-0.3, -0.25) is 4.79 Å². The molecule has 0 aliphatic heterocycles. The average molecular weight is 391 g/mol. The van der Waals surface area contributed by atoms with Crippen LogP contribution in [0.25, 0.3) is 11.4 Å². The summed E-state index contributed by atoms with van der Waals surface area (Å²) in [6.07, 6.45) is 1.63. The third-order valence-electron chi connectivity index (χ3n) is 4.02. The molecular weight excluding hydrogens is 372 g/mol. The van der Waals surface area contributed by atoms with Gasteiger partial charge in [0.2, 0.25) is 5.91 Å². The number of halogens is 1. The molecule has 1 amide bonds. The van der Waals surface area contributed by atoms with Crippen LogP contribution >= 0.6 is 23.4 Å². The largest absolute Gasteiger partial charge is 0.469 e. The van der Waals surface area contributed by atoms with Crippen molar-refractivity contribution in [1.82, 2.24) is 19.7 Å². The van der Waals surface area contributed by atoms with Gasteiger partial charge in [0.05, 0.1) is 17.6 Å². The molecule has 3 aromatic rings. The molecule has 0 spiro atoms. The van der Waals surface area contributed by atoms with Gasteiger partial charge < -0.3 is 13.9 Å². The number of benzene rings is 1. The summed E-state index contributed by atoms with van der Waals surface area (Å²) in [4.78, 5) is 14.1. The zero-order valence-corrected chi connectivity index (χ0v) is 16.3. The third-order valence-corrected chi connectivity index (χ3v) is 5.28. The fourth-order valence-corrected chi connectivity index (χ4v) is 3.46. The first-order valence-electron chi connectivity index (χ1n) is 8.00. The zero-order valence-electron chi connectivity index (χ0n) is 14.8. The Morgan fingerprint density at radius 1 is 1.27 bits per heavy atom. The van der Waals surface area contributed by atoms with Crippen LogP contribution in [0.2, 0.25) is 5.02 Å². The topological polar surface area (TPSA) is 64.2 Å². The highest BCUT2D eigenvalue weighted by Crippen LogP contribution is 2.26. The van der Waals surface area contributed by atoms with Gasteiger partial charge in [0.15, 0.2) is 11.0 Å². The number of carbonyl (C=O) groups is 1. The molecule has 8 heteroatoms. The molecule has 0 bridgehead atoms. The molecule has 0 N–H and O–H groups in total. The minimum atomic E-state index is 0.0222. The summed E-state index contributed by atoms with van der Waals surface area (Å²) in [5.41, 5.74) is 1.93. The van der Waals surface area contributed by atoms with Crippen molar-refractivity contribution >= 4 is 29.3 Å². The second-order valence-corrected chi connectivity index (χ2v) is 7.30. The Balaban J connectivity index is 1.60. The Kier molecular flexibility index (Phi) is 5.68. The van der Waals surface area contributed by atoms with E-state index in [4.69, 9.17) is 16.0 Å². The van der Waals surface area contributed by atoms with Gasteiger partial charge in [0, 0.05) is 25.7 Å². The summed E-state index contributed by atoms with van der Waals surface area (Å²) >= 11 is 7.25. The first-order valence-corrected chi connectivity index (χ1v) is 9.37. The molecule has 26 heavy (non-hydrogen) atoms. The number of hydrogen-bond donors (Lipinski definition) is 0. The van der Waals surface area contributed by atoms with Crippen LogP contribution in [0, 0.1) is 6.92 Å². The maximum Gasteiger partial charge on any atom is 0.233 e. The SMILES string of the molecule is Cc1occc1-c1nnc(SCC(=O)N(C)Cc2ccc(Cl)cc2)n1C. The van der Waals surface area contributed by atoms with Crippen molar-refractivity contribution in [2.24, 2.45) is 7.05 Å². The maximum atomic E-state index is 12.4. The van der Waals surface area contributed by atoms with Crippen LogP contribution in [0.1, 0.15) is 11.3 Å². The van der Waals surface area contributed by atoms with Crippen molar-refractivity contribution in [1.29, 1.82) is 0 Å². The Morgan fingerprint density at radius 2 is 2.00 bits per heavy atom. The molecule has 1 aromatic carbocycles. The molecule has 0 aliphatic rings. The van der Waals surface area contributed by atoms with Crippen molar-refractivity contribution in [3.63, 3.8) is 0 Å². The summed E-state index contributed by atoms with van der Waals surface area (Å²) in [5, 5.41) is 9.77. The molecule has 0 radical (unpaired) electrons. The fraction of sp³-hybridized carbons (Fsp3) is 0.278. The summed E-state index contributed by atoms with van der Waals surface area (Å²) in [6, 6.07) is 9.34. The third kappa shape index (κ3) is 4.11.